The van der Waals surface area contributed by atoms with Crippen molar-refractivity contribution in [2.45, 2.75) is 0 Å². The molecule has 0 atom stereocenters. The Bertz CT molecular complexity index is 614. The van der Waals surface area contributed by atoms with Crippen LogP contribution in [-0.4, -0.2) is 12.5 Å². The highest BCUT2D eigenvalue weighted by molar-refractivity contribution is 5.75. The fourth-order valence-corrected chi connectivity index (χ4v) is 1.63. The van der Waals surface area contributed by atoms with Crippen LogP contribution in [0.5, 0.6) is 5.75 Å². The molecule has 2 aromatic carbocycles. The second-order valence-electron chi connectivity index (χ2n) is 3.91. The number of primary amides is 1. The summed E-state index contributed by atoms with van der Waals surface area (Å²) in [6, 6.07) is 9.56. The van der Waals surface area contributed by atoms with Gasteiger partial charge in [-0.25, -0.2) is 8.78 Å². The Hall–Kier alpha value is -2.43. The van der Waals surface area contributed by atoms with Crippen LogP contribution in [0.3, 0.4) is 0 Å². The summed E-state index contributed by atoms with van der Waals surface area (Å²) in [5.41, 5.74) is 5.55. The lowest BCUT2D eigenvalue weighted by atomic mass is 10.0. The van der Waals surface area contributed by atoms with Crippen molar-refractivity contribution >= 4 is 5.91 Å². The zero-order valence-corrected chi connectivity index (χ0v) is 9.90. The second-order valence-corrected chi connectivity index (χ2v) is 3.91. The van der Waals surface area contributed by atoms with Gasteiger partial charge < -0.3 is 10.5 Å². The molecular formula is C14H11F2NO2. The van der Waals surface area contributed by atoms with Gasteiger partial charge in [0.15, 0.2) is 6.61 Å². The quantitative estimate of drug-likeness (QED) is 0.921. The maximum atomic E-state index is 13.6. The molecule has 0 heterocycles. The number of nitrogens with two attached hydrogens (primary N) is 1. The maximum Gasteiger partial charge on any atom is 0.255 e. The fourth-order valence-electron chi connectivity index (χ4n) is 1.63. The minimum Gasteiger partial charge on any atom is -0.484 e. The van der Waals surface area contributed by atoms with Crippen LogP contribution in [0.2, 0.25) is 0 Å². The smallest absolute Gasteiger partial charge is 0.255 e. The number of amides is 1. The Morgan fingerprint density at radius 3 is 2.68 bits per heavy atom. The van der Waals surface area contributed by atoms with Crippen molar-refractivity contribution < 1.29 is 18.3 Å². The van der Waals surface area contributed by atoms with Crippen molar-refractivity contribution in [2.24, 2.45) is 5.73 Å². The van der Waals surface area contributed by atoms with Crippen molar-refractivity contribution in [1.82, 2.24) is 0 Å². The van der Waals surface area contributed by atoms with Crippen LogP contribution in [0.15, 0.2) is 42.5 Å². The van der Waals surface area contributed by atoms with E-state index in [1.807, 2.05) is 0 Å². The topological polar surface area (TPSA) is 52.3 Å². The second kappa shape index (κ2) is 5.48. The van der Waals surface area contributed by atoms with Gasteiger partial charge in [0, 0.05) is 5.56 Å². The van der Waals surface area contributed by atoms with Crippen molar-refractivity contribution in [3.63, 3.8) is 0 Å². The van der Waals surface area contributed by atoms with E-state index < -0.39 is 17.5 Å². The van der Waals surface area contributed by atoms with E-state index in [1.54, 1.807) is 18.2 Å². The van der Waals surface area contributed by atoms with E-state index in [0.29, 0.717) is 11.3 Å². The first kappa shape index (κ1) is 13.0. The molecule has 5 heteroatoms. The minimum atomic E-state index is -0.609. The summed E-state index contributed by atoms with van der Waals surface area (Å²) < 4.78 is 31.9. The summed E-state index contributed by atoms with van der Waals surface area (Å²) in [5, 5.41) is 0. The van der Waals surface area contributed by atoms with Gasteiger partial charge in [-0.3, -0.25) is 4.79 Å². The van der Waals surface area contributed by atoms with E-state index in [4.69, 9.17) is 10.5 Å². The predicted molar refractivity (Wildman–Crippen MR) is 66.5 cm³/mol. The molecule has 0 aliphatic carbocycles. The number of halogens is 2. The largest absolute Gasteiger partial charge is 0.484 e. The summed E-state index contributed by atoms with van der Waals surface area (Å²) in [6.07, 6.45) is 0. The molecule has 0 radical (unpaired) electrons. The molecule has 0 spiro atoms. The van der Waals surface area contributed by atoms with Gasteiger partial charge in [0.1, 0.15) is 17.4 Å². The highest BCUT2D eigenvalue weighted by atomic mass is 19.1. The molecule has 2 N–H and O–H groups in total. The summed E-state index contributed by atoms with van der Waals surface area (Å²) in [5.74, 6) is -1.31. The molecule has 19 heavy (non-hydrogen) atoms. The molecule has 0 fully saturated rings. The van der Waals surface area contributed by atoms with Crippen molar-refractivity contribution in [1.29, 1.82) is 0 Å². The first-order chi connectivity index (χ1) is 9.06. The lowest BCUT2D eigenvalue weighted by Crippen LogP contribution is -2.19. The molecule has 0 bridgehead atoms. The SMILES string of the molecule is NC(=O)COc1cccc(-c2cc(F)ccc2F)c1. The van der Waals surface area contributed by atoms with Crippen LogP contribution in [0, 0.1) is 11.6 Å². The van der Waals surface area contributed by atoms with Gasteiger partial charge >= 0.3 is 0 Å². The van der Waals surface area contributed by atoms with E-state index in [9.17, 15) is 13.6 Å². The third kappa shape index (κ3) is 3.28. The average Bonchev–Trinajstić information content (AvgIpc) is 2.39. The lowest BCUT2D eigenvalue weighted by Gasteiger charge is -2.07. The zero-order valence-electron chi connectivity index (χ0n) is 9.90. The van der Waals surface area contributed by atoms with Crippen LogP contribution in [0.4, 0.5) is 8.78 Å². The standard InChI is InChI=1S/C14H11F2NO2/c15-10-4-5-13(16)12(7-10)9-2-1-3-11(6-9)19-8-14(17)18/h1-7H,8H2,(H2,17,18). The van der Waals surface area contributed by atoms with E-state index in [-0.39, 0.29) is 12.2 Å². The Morgan fingerprint density at radius 1 is 1.16 bits per heavy atom. The van der Waals surface area contributed by atoms with Crippen molar-refractivity contribution in [2.75, 3.05) is 6.61 Å². The molecular weight excluding hydrogens is 252 g/mol. The monoisotopic (exact) mass is 263 g/mol. The Labute approximate surface area is 108 Å². The number of rotatable bonds is 4. The van der Waals surface area contributed by atoms with Gasteiger partial charge in [-0.15, -0.1) is 0 Å². The van der Waals surface area contributed by atoms with Gasteiger partial charge in [0.05, 0.1) is 0 Å². The Kier molecular flexibility index (Phi) is 3.75. The van der Waals surface area contributed by atoms with Crippen molar-refractivity contribution in [3.05, 3.63) is 54.1 Å². The fraction of sp³-hybridized carbons (Fsp3) is 0.0714. The van der Waals surface area contributed by atoms with Crippen LogP contribution in [0.25, 0.3) is 11.1 Å². The molecule has 0 aliphatic heterocycles. The van der Waals surface area contributed by atoms with Crippen LogP contribution in [0.1, 0.15) is 0 Å². The van der Waals surface area contributed by atoms with Gasteiger partial charge in [0.2, 0.25) is 0 Å². The van der Waals surface area contributed by atoms with E-state index >= 15 is 0 Å². The molecule has 0 saturated carbocycles. The molecule has 0 aromatic heterocycles. The first-order valence-electron chi connectivity index (χ1n) is 5.53. The molecule has 98 valence electrons. The number of benzene rings is 2. The molecule has 2 rings (SSSR count). The molecule has 1 amide bonds. The zero-order chi connectivity index (χ0) is 13.8. The molecule has 0 saturated heterocycles. The normalized spacial score (nSPS) is 10.2. The number of carbonyl (C=O) groups is 1. The molecule has 0 aliphatic rings. The van der Waals surface area contributed by atoms with Crippen LogP contribution >= 0.6 is 0 Å². The Morgan fingerprint density at radius 2 is 1.95 bits per heavy atom. The molecule has 2 aromatic rings. The lowest BCUT2D eigenvalue weighted by molar-refractivity contribution is -0.119. The number of hydrogen-bond acceptors (Lipinski definition) is 2. The van der Waals surface area contributed by atoms with E-state index in [2.05, 4.69) is 0 Å². The van der Waals surface area contributed by atoms with Crippen LogP contribution in [-0.2, 0) is 4.79 Å². The van der Waals surface area contributed by atoms with Gasteiger partial charge in [0.25, 0.3) is 5.91 Å². The summed E-state index contributed by atoms with van der Waals surface area (Å²) in [4.78, 5) is 10.6. The van der Waals surface area contributed by atoms with E-state index in [0.717, 1.165) is 18.2 Å². The van der Waals surface area contributed by atoms with Crippen molar-refractivity contribution in [3.8, 4) is 16.9 Å². The summed E-state index contributed by atoms with van der Waals surface area (Å²) in [6.45, 7) is -0.269. The van der Waals surface area contributed by atoms with Crippen LogP contribution < -0.4 is 10.5 Å². The predicted octanol–water partition coefficient (Wildman–Crippen LogP) is 2.50. The number of hydrogen-bond donors (Lipinski definition) is 1. The van der Waals surface area contributed by atoms with Gasteiger partial charge in [-0.05, 0) is 35.9 Å². The third-order valence-electron chi connectivity index (χ3n) is 2.45. The Balaban J connectivity index is 2.32. The first-order valence-corrected chi connectivity index (χ1v) is 5.53. The third-order valence-corrected chi connectivity index (χ3v) is 2.45. The van der Waals surface area contributed by atoms with E-state index in [1.165, 1.54) is 6.07 Å². The highest BCUT2D eigenvalue weighted by Gasteiger charge is 2.08. The summed E-state index contributed by atoms with van der Waals surface area (Å²) >= 11 is 0. The molecule has 3 nitrogen and oxygen atoms in total. The van der Waals surface area contributed by atoms with Gasteiger partial charge in [-0.1, -0.05) is 12.1 Å². The minimum absolute atomic E-state index is 0.129. The number of carbonyl (C=O) groups excluding carboxylic acids is 1. The highest BCUT2D eigenvalue weighted by Crippen LogP contribution is 2.26. The molecule has 0 unspecified atom stereocenters. The summed E-state index contributed by atoms with van der Waals surface area (Å²) in [7, 11) is 0. The maximum absolute atomic E-state index is 13.6. The number of ether oxygens (including phenoxy) is 1. The average molecular weight is 263 g/mol. The van der Waals surface area contributed by atoms with Gasteiger partial charge in [-0.2, -0.15) is 0 Å².